The Hall–Kier alpha value is -4.66. The number of allylic oxidation sites excluding steroid dienone is 4. The summed E-state index contributed by atoms with van der Waals surface area (Å²) >= 11 is 0. The molecule has 394 valence electrons. The van der Waals surface area contributed by atoms with Gasteiger partial charge in [-0.25, -0.2) is 4.79 Å². The maximum absolute atomic E-state index is 12.6. The molecule has 20 nitrogen and oxygen atoms in total. The predicted molar refractivity (Wildman–Crippen MR) is 265 cm³/mol. The van der Waals surface area contributed by atoms with E-state index in [1.54, 1.807) is 19.9 Å². The van der Waals surface area contributed by atoms with Gasteiger partial charge in [-0.3, -0.25) is 18.2 Å². The van der Waals surface area contributed by atoms with Gasteiger partial charge in [-0.2, -0.15) is 38.2 Å². The Morgan fingerprint density at radius 2 is 1.31 bits per heavy atom. The molecular formula is C47H66N3O17S4+. The lowest BCUT2D eigenvalue weighted by Gasteiger charge is -2.31. The second-order valence-electron chi connectivity index (χ2n) is 19.8. The molecular weight excluding hydrogens is 1010 g/mol. The number of carbonyl (C=O) groups excluding carboxylic acids is 1. The number of carbonyl (C=O) groups is 1. The summed E-state index contributed by atoms with van der Waals surface area (Å²) in [6.07, 6.45) is 5.46. The Kier molecular flexibility index (Phi) is 17.6. The zero-order valence-electron chi connectivity index (χ0n) is 40.9. The molecule has 3 aromatic rings. The van der Waals surface area contributed by atoms with Crippen molar-refractivity contribution in [3.05, 3.63) is 83.1 Å². The molecule has 0 aliphatic carbocycles. The van der Waals surface area contributed by atoms with E-state index in [0.29, 0.717) is 83.0 Å². The molecule has 0 bridgehead atoms. The molecule has 2 aliphatic heterocycles. The quantitative estimate of drug-likeness (QED) is 0.0307. The van der Waals surface area contributed by atoms with E-state index in [4.69, 9.17) is 9.57 Å². The summed E-state index contributed by atoms with van der Waals surface area (Å²) in [5.41, 5.74) is 1.09. The Bertz CT molecular complexity index is 3030. The molecule has 5 rings (SSSR count). The second kappa shape index (κ2) is 21.8. The predicted octanol–water partition coefficient (Wildman–Crippen LogP) is 6.75. The minimum atomic E-state index is -4.73. The number of aromatic nitrogens is 1. The van der Waals surface area contributed by atoms with Crippen LogP contribution in [0.15, 0.2) is 81.7 Å². The molecule has 24 heteroatoms. The Balaban J connectivity index is 1.66. The fraction of sp³-hybridized carbons (Fsp3) is 0.532. The molecule has 3 atom stereocenters. The number of hydrogen-bond donors (Lipinski definition) is 6. The van der Waals surface area contributed by atoms with Crippen molar-refractivity contribution in [1.82, 2.24) is 4.73 Å². The molecule has 1 aromatic heterocycles. The third-order valence-electron chi connectivity index (χ3n) is 12.8. The maximum atomic E-state index is 12.6. The SMILES string of the molecule is CC(=CC1=[N+](CC(C)CCOC(C)(C)C)c2ccc(S(=O)(=O)O)cc2C1(C)CCCS(=O)(=O)O)/C=C1/N(CCCCCC(=O)On2c(O)ccc2O)c2ccc(S(=O)(=O)O)cc2C1(C)CCCS(=O)(=O)O. The second-order valence-corrected chi connectivity index (χ2v) is 25.8. The summed E-state index contributed by atoms with van der Waals surface area (Å²) in [4.78, 5) is 18.8. The largest absolute Gasteiger partial charge is 0.492 e. The Morgan fingerprint density at radius 3 is 1.86 bits per heavy atom. The number of fused-ring (bicyclic) bond motifs is 2. The van der Waals surface area contributed by atoms with Crippen molar-refractivity contribution in [2.24, 2.45) is 5.92 Å². The fourth-order valence-electron chi connectivity index (χ4n) is 9.29. The van der Waals surface area contributed by atoms with Gasteiger partial charge in [0.05, 0.1) is 32.3 Å². The van der Waals surface area contributed by atoms with Gasteiger partial charge in [-0.1, -0.05) is 13.3 Å². The normalized spacial score (nSPS) is 19.9. The molecule has 3 unspecified atom stereocenters. The zero-order valence-corrected chi connectivity index (χ0v) is 44.2. The highest BCUT2D eigenvalue weighted by Crippen LogP contribution is 2.52. The van der Waals surface area contributed by atoms with Crippen molar-refractivity contribution in [2.75, 3.05) is 36.1 Å². The maximum Gasteiger partial charge on any atom is 0.333 e. The molecule has 0 spiro atoms. The molecule has 2 aromatic carbocycles. The van der Waals surface area contributed by atoms with Crippen molar-refractivity contribution in [3.63, 3.8) is 0 Å². The molecule has 0 radical (unpaired) electrons. The first kappa shape index (κ1) is 57.2. The summed E-state index contributed by atoms with van der Waals surface area (Å²) in [5.74, 6) is -2.93. The minimum absolute atomic E-state index is 0.0355. The lowest BCUT2D eigenvalue weighted by molar-refractivity contribution is -0.446. The summed E-state index contributed by atoms with van der Waals surface area (Å²) in [6.45, 7) is 14.3. The van der Waals surface area contributed by atoms with Gasteiger partial charge >= 0.3 is 5.97 Å². The van der Waals surface area contributed by atoms with Crippen LogP contribution >= 0.6 is 0 Å². The van der Waals surface area contributed by atoms with Crippen LogP contribution in [0.2, 0.25) is 0 Å². The summed E-state index contributed by atoms with van der Waals surface area (Å²) in [5, 5.41) is 19.7. The number of aromatic hydroxyl groups is 2. The lowest BCUT2D eigenvalue weighted by Crippen LogP contribution is -2.33. The number of rotatable bonds is 24. The highest BCUT2D eigenvalue weighted by molar-refractivity contribution is 7.86. The molecule has 6 N–H and O–H groups in total. The number of unbranched alkanes of at least 4 members (excludes halogenated alkanes) is 2. The van der Waals surface area contributed by atoms with Gasteiger partial charge in [-0.05, 0) is 134 Å². The smallest absolute Gasteiger partial charge is 0.333 e. The molecule has 0 saturated carbocycles. The van der Waals surface area contributed by atoms with Crippen molar-refractivity contribution in [3.8, 4) is 11.8 Å². The van der Waals surface area contributed by atoms with Crippen LogP contribution < -0.4 is 9.74 Å². The minimum Gasteiger partial charge on any atom is -0.492 e. The third kappa shape index (κ3) is 14.7. The molecule has 0 fully saturated rings. The number of nitrogens with zero attached hydrogens (tertiary/aromatic N) is 3. The summed E-state index contributed by atoms with van der Waals surface area (Å²) in [7, 11) is -18.3. The fourth-order valence-corrected chi connectivity index (χ4v) is 11.3. The number of ether oxygens (including phenoxy) is 1. The standard InChI is InChI=1S/C47H65N3O17S4/c1-32(20-24-66-45(3,4)5)31-49-39-17-15-35(71(63,64)65)30-37(39)47(7,22-12-26-69(57,58)59)41(49)28-33(2)27-40-46(6,21-11-25-68(54,55)56)36-29-34(70(60,61)62)14-16-38(36)48(40)23-10-8-9-13-44(53)67-50-42(51)18-19-43(50)52/h14-19,27-30,32H,8-13,20-26,31H2,1-7H3,(H5-,51,52,54,55,56,57,58,59,60,61,62,63,64,65)/p+1. The molecule has 3 heterocycles. The van der Waals surface area contributed by atoms with E-state index in [0.717, 1.165) is 12.1 Å². The van der Waals surface area contributed by atoms with E-state index >= 15 is 0 Å². The average molecular weight is 1070 g/mol. The first-order chi connectivity index (χ1) is 32.6. The van der Waals surface area contributed by atoms with Gasteiger partial charge in [-0.15, -0.1) is 4.73 Å². The lowest BCUT2D eigenvalue weighted by atomic mass is 9.75. The number of benzene rings is 2. The van der Waals surface area contributed by atoms with E-state index in [1.807, 2.05) is 56.2 Å². The average Bonchev–Trinajstić information content (AvgIpc) is 3.74. The van der Waals surface area contributed by atoms with Crippen LogP contribution in [0.5, 0.6) is 11.8 Å². The monoisotopic (exact) mass is 1070 g/mol. The first-order valence-electron chi connectivity index (χ1n) is 23.1. The van der Waals surface area contributed by atoms with Crippen LogP contribution in [0.4, 0.5) is 11.4 Å². The molecule has 2 aliphatic rings. The van der Waals surface area contributed by atoms with E-state index in [1.165, 1.54) is 30.3 Å². The van der Waals surface area contributed by atoms with Crippen molar-refractivity contribution in [1.29, 1.82) is 0 Å². The van der Waals surface area contributed by atoms with Crippen LogP contribution in [0.3, 0.4) is 0 Å². The van der Waals surface area contributed by atoms with Crippen molar-refractivity contribution in [2.45, 2.75) is 132 Å². The first-order valence-corrected chi connectivity index (χ1v) is 29.1. The van der Waals surface area contributed by atoms with E-state index in [2.05, 4.69) is 0 Å². The third-order valence-corrected chi connectivity index (χ3v) is 16.1. The van der Waals surface area contributed by atoms with Crippen LogP contribution in [-0.4, -0.2) is 120 Å². The van der Waals surface area contributed by atoms with E-state index in [-0.39, 0.29) is 49.5 Å². The molecule has 71 heavy (non-hydrogen) atoms. The van der Waals surface area contributed by atoms with Gasteiger partial charge in [0.15, 0.2) is 12.3 Å². The number of anilines is 1. The highest BCUT2D eigenvalue weighted by atomic mass is 32.2. The van der Waals surface area contributed by atoms with Crippen LogP contribution in [0.25, 0.3) is 0 Å². The van der Waals surface area contributed by atoms with E-state index in [9.17, 15) is 66.9 Å². The summed E-state index contributed by atoms with van der Waals surface area (Å²) in [6, 6.07) is 10.6. The van der Waals surface area contributed by atoms with Gasteiger partial charge in [0.2, 0.25) is 17.4 Å². The molecule has 0 amide bonds. The van der Waals surface area contributed by atoms with Crippen LogP contribution in [0.1, 0.15) is 117 Å². The van der Waals surface area contributed by atoms with Crippen LogP contribution in [0, 0.1) is 5.92 Å². The Labute approximate surface area is 416 Å². The van der Waals surface area contributed by atoms with Crippen LogP contribution in [-0.2, 0) is 60.8 Å². The number of hydrogen-bond acceptors (Lipinski definition) is 14. The molecule has 0 saturated heterocycles. The van der Waals surface area contributed by atoms with Gasteiger partial charge in [0, 0.05) is 72.1 Å². The van der Waals surface area contributed by atoms with Gasteiger partial charge in [0.1, 0.15) is 0 Å². The van der Waals surface area contributed by atoms with E-state index < -0.39 is 91.0 Å². The van der Waals surface area contributed by atoms with Crippen molar-refractivity contribution >= 4 is 63.5 Å². The topological polar surface area (TPSA) is 305 Å². The van der Waals surface area contributed by atoms with Gasteiger partial charge in [0.25, 0.3) is 40.5 Å². The highest BCUT2D eigenvalue weighted by Gasteiger charge is 2.49. The Morgan fingerprint density at radius 1 is 0.761 bits per heavy atom. The summed E-state index contributed by atoms with van der Waals surface area (Å²) < 4.78 is 147. The zero-order chi connectivity index (χ0) is 53.1. The van der Waals surface area contributed by atoms with Crippen molar-refractivity contribution < 1.29 is 81.0 Å². The van der Waals surface area contributed by atoms with Gasteiger partial charge < -0.3 is 24.7 Å².